The van der Waals surface area contributed by atoms with Crippen LogP contribution in [0.2, 0.25) is 5.02 Å². The summed E-state index contributed by atoms with van der Waals surface area (Å²) in [6.07, 6.45) is 3.18. The normalized spacial score (nSPS) is 21.2. The van der Waals surface area contributed by atoms with E-state index in [0.717, 1.165) is 65.8 Å². The van der Waals surface area contributed by atoms with E-state index in [0.29, 0.717) is 47.4 Å². The molecule has 7 rings (SSSR count). The number of ether oxygens (including phenoxy) is 3. The van der Waals surface area contributed by atoms with Gasteiger partial charge in [-0.1, -0.05) is 29.8 Å². The first-order valence-corrected chi connectivity index (χ1v) is 17.4. The van der Waals surface area contributed by atoms with Crippen LogP contribution in [-0.2, 0) is 14.3 Å². The van der Waals surface area contributed by atoms with Gasteiger partial charge in [-0.2, -0.15) is 9.61 Å². The molecule has 2 aromatic carbocycles. The van der Waals surface area contributed by atoms with Crippen LogP contribution in [-0.4, -0.2) is 62.7 Å². The maximum Gasteiger partial charge on any atom is 0.337 e. The van der Waals surface area contributed by atoms with Crippen molar-refractivity contribution in [3.8, 4) is 28.1 Å². The molecule has 0 spiro atoms. The number of piperidine rings is 1. The molecule has 256 valence electrons. The van der Waals surface area contributed by atoms with Crippen molar-refractivity contribution in [1.29, 1.82) is 0 Å². The van der Waals surface area contributed by atoms with Gasteiger partial charge in [-0.15, -0.1) is 0 Å². The number of aliphatic carboxylic acids is 1. The number of carboxylic acids is 1. The Morgan fingerprint density at radius 2 is 1.83 bits per heavy atom. The molecule has 5 heterocycles. The predicted octanol–water partition coefficient (Wildman–Crippen LogP) is 8.60. The molecule has 0 saturated carbocycles. The molecule has 0 amide bonds. The van der Waals surface area contributed by atoms with E-state index in [9.17, 15) is 9.90 Å². The lowest BCUT2D eigenvalue weighted by atomic mass is 9.92. The summed E-state index contributed by atoms with van der Waals surface area (Å²) in [7, 11) is 0. The Balaban J connectivity index is 1.54. The van der Waals surface area contributed by atoms with Gasteiger partial charge < -0.3 is 24.2 Å². The van der Waals surface area contributed by atoms with E-state index in [1.54, 1.807) is 4.52 Å². The Hall–Kier alpha value is -3.66. The Labute approximate surface area is 288 Å². The van der Waals surface area contributed by atoms with Gasteiger partial charge >= 0.3 is 5.97 Å². The molecule has 2 aromatic heterocycles. The van der Waals surface area contributed by atoms with Gasteiger partial charge in [0.05, 0.1) is 28.6 Å². The second kappa shape index (κ2) is 13.3. The number of rotatable bonds is 3. The largest absolute Gasteiger partial charge is 0.490 e. The first-order valence-electron chi connectivity index (χ1n) is 17.0. The Morgan fingerprint density at radius 1 is 1.10 bits per heavy atom. The van der Waals surface area contributed by atoms with Crippen LogP contribution < -0.4 is 9.64 Å². The molecule has 9 nitrogen and oxygen atoms in total. The minimum Gasteiger partial charge on any atom is -0.490 e. The van der Waals surface area contributed by atoms with Crippen molar-refractivity contribution in [2.45, 2.75) is 104 Å². The first kappa shape index (κ1) is 34.2. The number of fused-ring (bicyclic) bond motifs is 8. The monoisotopic (exact) mass is 674 g/mol. The number of benzene rings is 2. The highest BCUT2D eigenvalue weighted by Gasteiger charge is 2.38. The van der Waals surface area contributed by atoms with Crippen LogP contribution >= 0.6 is 11.6 Å². The zero-order valence-corrected chi connectivity index (χ0v) is 29.9. The van der Waals surface area contributed by atoms with E-state index in [1.165, 1.54) is 0 Å². The molecule has 2 atom stereocenters. The maximum absolute atomic E-state index is 12.8. The molecular weight excluding hydrogens is 628 g/mol. The quantitative estimate of drug-likeness (QED) is 0.231. The van der Waals surface area contributed by atoms with Gasteiger partial charge in [0.2, 0.25) is 0 Å². The Morgan fingerprint density at radius 3 is 2.54 bits per heavy atom. The standard InChI is InChI=1S/C38H47ClN4O5/c1-23-19-28-26-12-10-13-27(20-26)30-22-32-40-25(3)33(34(36(44)45)48-37(4,5)6)35(43(32)41-30)42-16-14-38(7,15-17-42)46-18-9-8-11-24(2)47-31(28)21-29(23)39/h10,12-13,19-22,24,34H,8-9,11,14-18H2,1-7H3,(H,44,45)/t24-,34+/m1/s1. The number of carboxylic acid groups (broad SMARTS) is 1. The summed E-state index contributed by atoms with van der Waals surface area (Å²) in [6, 6.07) is 14.2. The maximum atomic E-state index is 12.8. The third-order valence-corrected chi connectivity index (χ3v) is 9.80. The zero-order chi connectivity index (χ0) is 34.4. The van der Waals surface area contributed by atoms with E-state index in [2.05, 4.69) is 36.9 Å². The van der Waals surface area contributed by atoms with Crippen LogP contribution in [0.4, 0.5) is 5.82 Å². The highest BCUT2D eigenvalue weighted by molar-refractivity contribution is 6.31. The lowest BCUT2D eigenvalue weighted by molar-refractivity contribution is -0.160. The zero-order valence-electron chi connectivity index (χ0n) is 29.1. The molecule has 1 N–H and O–H groups in total. The Kier molecular flexibility index (Phi) is 9.50. The topological polar surface area (TPSA) is 98.4 Å². The minimum absolute atomic E-state index is 0.00684. The molecule has 6 bridgehead atoms. The molecule has 4 aromatic rings. The van der Waals surface area contributed by atoms with Gasteiger partial charge in [0.15, 0.2) is 11.8 Å². The molecule has 0 aliphatic carbocycles. The fourth-order valence-corrected chi connectivity index (χ4v) is 6.90. The van der Waals surface area contributed by atoms with Gasteiger partial charge in [-0.05, 0) is 110 Å². The highest BCUT2D eigenvalue weighted by Crippen LogP contribution is 2.40. The van der Waals surface area contributed by atoms with Crippen LogP contribution in [0, 0.1) is 13.8 Å². The average Bonchev–Trinajstić information content (AvgIpc) is 3.44. The SMILES string of the molecule is Cc1cc2c(cc1Cl)O[C@H](C)CCCCOC1(C)CCN(CC1)c1c([C@H](OC(C)(C)C)C(=O)O)c(C)nc3cc(nn13)-c1cccc-2c1. The van der Waals surface area contributed by atoms with Crippen molar-refractivity contribution in [3.05, 3.63) is 64.3 Å². The van der Waals surface area contributed by atoms with Gasteiger partial charge in [-0.3, -0.25) is 0 Å². The summed E-state index contributed by atoms with van der Waals surface area (Å²) in [6.45, 7) is 15.8. The van der Waals surface area contributed by atoms with Gasteiger partial charge in [0.1, 0.15) is 11.6 Å². The number of halogens is 1. The number of carbonyl (C=O) groups is 1. The fraction of sp³-hybridized carbons (Fsp3) is 0.500. The van der Waals surface area contributed by atoms with E-state index in [4.69, 9.17) is 35.9 Å². The van der Waals surface area contributed by atoms with Crippen LogP contribution in [0.3, 0.4) is 0 Å². The van der Waals surface area contributed by atoms with Crippen molar-refractivity contribution >= 4 is 29.0 Å². The van der Waals surface area contributed by atoms with Gasteiger partial charge in [0.25, 0.3) is 0 Å². The van der Waals surface area contributed by atoms with Crippen LogP contribution in [0.1, 0.15) is 89.6 Å². The number of hydrogen-bond donors (Lipinski definition) is 1. The number of anilines is 1. The van der Waals surface area contributed by atoms with Crippen molar-refractivity contribution in [2.75, 3.05) is 24.6 Å². The molecule has 1 saturated heterocycles. The second-order valence-corrected chi connectivity index (χ2v) is 15.0. The molecule has 48 heavy (non-hydrogen) atoms. The third-order valence-electron chi connectivity index (χ3n) is 9.40. The summed E-state index contributed by atoms with van der Waals surface area (Å²) in [5.41, 5.74) is 5.34. The van der Waals surface area contributed by atoms with Gasteiger partial charge in [0, 0.05) is 47.6 Å². The first-order chi connectivity index (χ1) is 22.7. The average molecular weight is 675 g/mol. The molecule has 3 aliphatic heterocycles. The summed E-state index contributed by atoms with van der Waals surface area (Å²) >= 11 is 6.61. The highest BCUT2D eigenvalue weighted by atomic mass is 35.5. The van der Waals surface area contributed by atoms with E-state index < -0.39 is 17.7 Å². The molecule has 10 heteroatoms. The van der Waals surface area contributed by atoms with Crippen LogP contribution in [0.25, 0.3) is 28.0 Å². The van der Waals surface area contributed by atoms with Crippen LogP contribution in [0.5, 0.6) is 5.75 Å². The predicted molar refractivity (Wildman–Crippen MR) is 189 cm³/mol. The van der Waals surface area contributed by atoms with E-state index in [1.807, 2.05) is 58.9 Å². The lowest BCUT2D eigenvalue weighted by Gasteiger charge is -2.41. The second-order valence-electron chi connectivity index (χ2n) is 14.6. The number of aryl methyl sites for hydroxylation is 2. The summed E-state index contributed by atoms with van der Waals surface area (Å²) < 4.78 is 21.1. The molecule has 3 aliphatic rings. The summed E-state index contributed by atoms with van der Waals surface area (Å²) in [4.78, 5) is 20.0. The third kappa shape index (κ3) is 7.19. The van der Waals surface area contributed by atoms with Crippen molar-refractivity contribution in [1.82, 2.24) is 14.6 Å². The number of hydrogen-bond acceptors (Lipinski definition) is 7. The van der Waals surface area contributed by atoms with Crippen molar-refractivity contribution < 1.29 is 24.1 Å². The summed E-state index contributed by atoms with van der Waals surface area (Å²) in [5, 5.41) is 16.3. The number of nitrogens with zero attached hydrogens (tertiary/aromatic N) is 4. The van der Waals surface area contributed by atoms with E-state index in [-0.39, 0.29) is 11.7 Å². The lowest BCUT2D eigenvalue weighted by Crippen LogP contribution is -2.46. The number of aromatic nitrogens is 3. The summed E-state index contributed by atoms with van der Waals surface area (Å²) in [5.74, 6) is 0.384. The Bertz CT molecular complexity index is 1820. The van der Waals surface area contributed by atoms with Gasteiger partial charge in [-0.25, -0.2) is 9.78 Å². The molecule has 0 radical (unpaired) electrons. The molecule has 1 fully saturated rings. The van der Waals surface area contributed by atoms with Crippen LogP contribution in [0.15, 0.2) is 42.5 Å². The minimum atomic E-state index is -1.23. The van der Waals surface area contributed by atoms with Crippen molar-refractivity contribution in [3.63, 3.8) is 0 Å². The molecular formula is C38H47ClN4O5. The smallest absolute Gasteiger partial charge is 0.337 e. The fourth-order valence-electron chi connectivity index (χ4n) is 6.75. The van der Waals surface area contributed by atoms with Crippen molar-refractivity contribution in [2.24, 2.45) is 0 Å². The molecule has 0 unspecified atom stereocenters. The van der Waals surface area contributed by atoms with E-state index >= 15 is 0 Å².